The van der Waals surface area contributed by atoms with Crippen molar-refractivity contribution in [2.45, 2.75) is 17.7 Å². The molecule has 1 aromatic heterocycles. The van der Waals surface area contributed by atoms with E-state index in [4.69, 9.17) is 16.3 Å². The molecule has 0 bridgehead atoms. The fourth-order valence-corrected chi connectivity index (χ4v) is 5.36. The number of hydrogen-bond acceptors (Lipinski definition) is 5. The summed E-state index contributed by atoms with van der Waals surface area (Å²) in [6.45, 7) is 0.462. The molecule has 0 unspecified atom stereocenters. The summed E-state index contributed by atoms with van der Waals surface area (Å²) in [7, 11) is -3.65. The van der Waals surface area contributed by atoms with Crippen LogP contribution in [-0.4, -0.2) is 67.3 Å². The monoisotopic (exact) mass is 489 g/mol. The first-order chi connectivity index (χ1) is 15.8. The average molecular weight is 490 g/mol. The van der Waals surface area contributed by atoms with Crippen molar-refractivity contribution in [3.8, 4) is 0 Å². The third-order valence-corrected chi connectivity index (χ3v) is 7.84. The zero-order valence-corrected chi connectivity index (χ0v) is 19.4. The first-order valence-corrected chi connectivity index (χ1v) is 12.4. The van der Waals surface area contributed by atoms with Gasteiger partial charge in [-0.05, 0) is 42.3 Å². The maximum atomic E-state index is 12.7. The molecule has 1 fully saturated rings. The fourth-order valence-electron chi connectivity index (χ4n) is 3.81. The maximum Gasteiger partial charge on any atom is 0.306 e. The number of sulfonamides is 1. The second kappa shape index (κ2) is 9.94. The number of esters is 1. The van der Waals surface area contributed by atoms with Gasteiger partial charge in [0.15, 0.2) is 6.61 Å². The average Bonchev–Trinajstić information content (AvgIpc) is 3.24. The van der Waals surface area contributed by atoms with E-state index in [1.165, 1.54) is 33.5 Å². The number of carbonyl (C=O) groups is 2. The summed E-state index contributed by atoms with van der Waals surface area (Å²) in [6, 6.07) is 13.8. The van der Waals surface area contributed by atoms with Crippen LogP contribution in [0, 0.1) is 0 Å². The Morgan fingerprint density at radius 3 is 2.42 bits per heavy atom. The molecule has 10 heteroatoms. The third-order valence-electron chi connectivity index (χ3n) is 5.67. The van der Waals surface area contributed by atoms with E-state index in [1.807, 2.05) is 30.5 Å². The Balaban J connectivity index is 1.23. The predicted octanol–water partition coefficient (Wildman–Crippen LogP) is 2.83. The summed E-state index contributed by atoms with van der Waals surface area (Å²) >= 11 is 5.83. The number of aryl methyl sites for hydroxylation is 1. The first-order valence-electron chi connectivity index (χ1n) is 10.6. The van der Waals surface area contributed by atoms with Crippen LogP contribution in [0.4, 0.5) is 0 Å². The Morgan fingerprint density at radius 1 is 1.00 bits per heavy atom. The molecule has 174 valence electrons. The predicted molar refractivity (Wildman–Crippen MR) is 124 cm³/mol. The number of carbonyl (C=O) groups excluding carboxylic acids is 2. The van der Waals surface area contributed by atoms with E-state index in [0.717, 1.165) is 16.5 Å². The molecule has 1 amide bonds. The van der Waals surface area contributed by atoms with Crippen molar-refractivity contribution >= 4 is 44.4 Å². The zero-order valence-electron chi connectivity index (χ0n) is 17.9. The molecule has 0 spiro atoms. The van der Waals surface area contributed by atoms with Gasteiger partial charge in [-0.3, -0.25) is 9.59 Å². The van der Waals surface area contributed by atoms with Gasteiger partial charge >= 0.3 is 5.97 Å². The highest BCUT2D eigenvalue weighted by Crippen LogP contribution is 2.21. The van der Waals surface area contributed by atoms with Gasteiger partial charge in [0.1, 0.15) is 0 Å². The van der Waals surface area contributed by atoms with Gasteiger partial charge in [0.25, 0.3) is 5.91 Å². The first kappa shape index (κ1) is 23.3. The van der Waals surface area contributed by atoms with Crippen LogP contribution < -0.4 is 0 Å². The van der Waals surface area contributed by atoms with Crippen molar-refractivity contribution in [3.05, 3.63) is 65.3 Å². The van der Waals surface area contributed by atoms with E-state index in [9.17, 15) is 18.0 Å². The number of ether oxygens (including phenoxy) is 1. The number of hydrogen-bond donors (Lipinski definition) is 1. The van der Waals surface area contributed by atoms with Crippen molar-refractivity contribution in [1.29, 1.82) is 0 Å². The van der Waals surface area contributed by atoms with Gasteiger partial charge < -0.3 is 14.6 Å². The van der Waals surface area contributed by atoms with Crippen LogP contribution in [0.1, 0.15) is 12.0 Å². The van der Waals surface area contributed by atoms with E-state index in [0.29, 0.717) is 11.4 Å². The molecule has 0 aliphatic carbocycles. The molecule has 0 saturated carbocycles. The number of halogens is 1. The third kappa shape index (κ3) is 5.38. The molecule has 1 saturated heterocycles. The van der Waals surface area contributed by atoms with Gasteiger partial charge in [0.2, 0.25) is 10.0 Å². The van der Waals surface area contributed by atoms with Crippen LogP contribution in [0.25, 0.3) is 10.9 Å². The number of nitrogens with one attached hydrogen (secondary N) is 1. The second-order valence-corrected chi connectivity index (χ2v) is 10.1. The van der Waals surface area contributed by atoms with E-state index >= 15 is 0 Å². The lowest BCUT2D eigenvalue weighted by Gasteiger charge is -2.33. The topological polar surface area (TPSA) is 99.8 Å². The van der Waals surface area contributed by atoms with Gasteiger partial charge in [0, 0.05) is 54.7 Å². The van der Waals surface area contributed by atoms with Crippen LogP contribution in [0.3, 0.4) is 0 Å². The molecule has 3 aromatic rings. The maximum absolute atomic E-state index is 12.7. The summed E-state index contributed by atoms with van der Waals surface area (Å²) in [5, 5.41) is 1.52. The lowest BCUT2D eigenvalue weighted by Crippen LogP contribution is -2.51. The van der Waals surface area contributed by atoms with Crippen LogP contribution >= 0.6 is 11.6 Å². The highest BCUT2D eigenvalue weighted by atomic mass is 35.5. The summed E-state index contributed by atoms with van der Waals surface area (Å²) in [6.07, 6.45) is 2.56. The molecule has 0 atom stereocenters. The molecule has 1 aliphatic rings. The summed E-state index contributed by atoms with van der Waals surface area (Å²) in [4.78, 5) is 29.4. The number of aromatic amines is 1. The molecular weight excluding hydrogens is 466 g/mol. The van der Waals surface area contributed by atoms with Crippen molar-refractivity contribution in [2.24, 2.45) is 0 Å². The summed E-state index contributed by atoms with van der Waals surface area (Å²) < 4.78 is 32.0. The van der Waals surface area contributed by atoms with Crippen molar-refractivity contribution in [1.82, 2.24) is 14.2 Å². The molecule has 2 heterocycles. The van der Waals surface area contributed by atoms with Crippen LogP contribution in [0.2, 0.25) is 5.02 Å². The molecule has 33 heavy (non-hydrogen) atoms. The number of benzene rings is 2. The number of H-pyrrole nitrogens is 1. The highest BCUT2D eigenvalue weighted by molar-refractivity contribution is 7.89. The Bertz CT molecular complexity index is 1250. The van der Waals surface area contributed by atoms with Crippen LogP contribution in [0.15, 0.2) is 59.6 Å². The number of aromatic nitrogens is 1. The molecule has 2 aromatic carbocycles. The minimum Gasteiger partial charge on any atom is -0.456 e. The van der Waals surface area contributed by atoms with E-state index in [-0.39, 0.29) is 50.0 Å². The Hall–Kier alpha value is -2.88. The quantitative estimate of drug-likeness (QED) is 0.514. The molecule has 8 nitrogen and oxygen atoms in total. The SMILES string of the molecule is O=C(CCc1c[nH]c2ccccc12)OCC(=O)N1CCN(S(=O)(=O)c2ccc(Cl)cc2)CC1. The zero-order chi connectivity index (χ0) is 23.4. The van der Waals surface area contributed by atoms with Gasteiger partial charge in [-0.25, -0.2) is 8.42 Å². The molecular formula is C23H24ClN3O5S. The molecule has 4 rings (SSSR count). The number of nitrogens with zero attached hydrogens (tertiary/aromatic N) is 2. The van der Waals surface area contributed by atoms with E-state index in [2.05, 4.69) is 4.98 Å². The number of rotatable bonds is 7. The number of fused-ring (bicyclic) bond motifs is 1. The molecule has 1 N–H and O–H groups in total. The molecule has 1 aliphatic heterocycles. The van der Waals surface area contributed by atoms with Crippen LogP contribution in [-0.2, 0) is 30.8 Å². The summed E-state index contributed by atoms with van der Waals surface area (Å²) in [5.74, 6) is -0.781. The number of amides is 1. The van der Waals surface area contributed by atoms with Crippen molar-refractivity contribution in [3.63, 3.8) is 0 Å². The van der Waals surface area contributed by atoms with E-state index in [1.54, 1.807) is 0 Å². The summed E-state index contributed by atoms with van der Waals surface area (Å²) in [5.41, 5.74) is 2.03. The van der Waals surface area contributed by atoms with Gasteiger partial charge in [0.05, 0.1) is 4.90 Å². The van der Waals surface area contributed by atoms with Gasteiger partial charge in [-0.1, -0.05) is 29.8 Å². The molecule has 0 radical (unpaired) electrons. The van der Waals surface area contributed by atoms with Crippen molar-refractivity contribution < 1.29 is 22.7 Å². The number of para-hydroxylation sites is 1. The second-order valence-electron chi connectivity index (χ2n) is 7.76. The number of piperazine rings is 1. The lowest BCUT2D eigenvalue weighted by molar-refractivity contribution is -0.152. The Morgan fingerprint density at radius 2 is 1.70 bits per heavy atom. The fraction of sp³-hybridized carbons (Fsp3) is 0.304. The lowest BCUT2D eigenvalue weighted by atomic mass is 10.1. The normalized spacial score (nSPS) is 15.0. The largest absolute Gasteiger partial charge is 0.456 e. The van der Waals surface area contributed by atoms with Gasteiger partial charge in [-0.15, -0.1) is 0 Å². The van der Waals surface area contributed by atoms with Crippen LogP contribution in [0.5, 0.6) is 0 Å². The Kier molecular flexibility index (Phi) is 7.02. The Labute approximate surface area is 197 Å². The van der Waals surface area contributed by atoms with Gasteiger partial charge in [-0.2, -0.15) is 4.31 Å². The minimum absolute atomic E-state index is 0.163. The standard InChI is InChI=1S/C23H24ClN3O5S/c24-18-6-8-19(9-7-18)33(30,31)27-13-11-26(12-14-27)22(28)16-32-23(29)10-5-17-15-25-21-4-2-1-3-20(17)21/h1-4,6-9,15,25H,5,10-14,16H2. The van der Waals surface area contributed by atoms with E-state index < -0.39 is 16.0 Å². The van der Waals surface area contributed by atoms with Crippen molar-refractivity contribution in [2.75, 3.05) is 32.8 Å². The highest BCUT2D eigenvalue weighted by Gasteiger charge is 2.30. The smallest absolute Gasteiger partial charge is 0.306 e. The minimum atomic E-state index is -3.65.